The number of rotatable bonds is 4. The average molecular weight is 152 g/mol. The van der Waals surface area contributed by atoms with Crippen LogP contribution in [0.4, 0.5) is 0 Å². The van der Waals surface area contributed by atoms with Crippen molar-refractivity contribution < 1.29 is 5.11 Å². The topological polar surface area (TPSA) is 47.3 Å². The standard InChI is InChI=1S/C8H12N2O/c1-3-4-10(5-6-11)8(2)7-9/h1,8,11H,4-6H2,2H3. The van der Waals surface area contributed by atoms with Crippen molar-refractivity contribution in [2.24, 2.45) is 0 Å². The van der Waals surface area contributed by atoms with Crippen LogP contribution in [0, 0.1) is 23.7 Å². The zero-order valence-electron chi connectivity index (χ0n) is 6.62. The van der Waals surface area contributed by atoms with Crippen LogP contribution in [0.15, 0.2) is 0 Å². The van der Waals surface area contributed by atoms with Crippen LogP contribution in [0.25, 0.3) is 0 Å². The van der Waals surface area contributed by atoms with Gasteiger partial charge in [0.1, 0.15) is 0 Å². The predicted octanol–water partition coefficient (Wildman–Crippen LogP) is -0.174. The van der Waals surface area contributed by atoms with Gasteiger partial charge in [-0.2, -0.15) is 5.26 Å². The maximum atomic E-state index is 8.59. The molecule has 11 heavy (non-hydrogen) atoms. The molecule has 0 saturated carbocycles. The van der Waals surface area contributed by atoms with Gasteiger partial charge in [0.25, 0.3) is 0 Å². The summed E-state index contributed by atoms with van der Waals surface area (Å²) in [6.45, 7) is 2.66. The lowest BCUT2D eigenvalue weighted by Crippen LogP contribution is -2.34. The molecule has 0 aromatic rings. The first-order valence-electron chi connectivity index (χ1n) is 3.44. The molecule has 0 aliphatic rings. The summed E-state index contributed by atoms with van der Waals surface area (Å²) in [6, 6.07) is 1.83. The monoisotopic (exact) mass is 152 g/mol. The minimum Gasteiger partial charge on any atom is -0.395 e. The van der Waals surface area contributed by atoms with Crippen molar-refractivity contribution in [1.82, 2.24) is 4.90 Å². The lowest BCUT2D eigenvalue weighted by molar-refractivity contribution is 0.195. The molecular formula is C8H12N2O. The van der Waals surface area contributed by atoms with Gasteiger partial charge in [-0.05, 0) is 6.92 Å². The number of hydrogen-bond acceptors (Lipinski definition) is 3. The Morgan fingerprint density at radius 1 is 1.73 bits per heavy atom. The molecule has 3 heteroatoms. The molecule has 0 heterocycles. The van der Waals surface area contributed by atoms with Gasteiger partial charge in [-0.15, -0.1) is 6.42 Å². The van der Waals surface area contributed by atoms with Crippen molar-refractivity contribution >= 4 is 0 Å². The van der Waals surface area contributed by atoms with Crippen molar-refractivity contribution in [2.45, 2.75) is 13.0 Å². The van der Waals surface area contributed by atoms with E-state index in [1.165, 1.54) is 0 Å². The summed E-state index contributed by atoms with van der Waals surface area (Å²) >= 11 is 0. The number of hydrogen-bond donors (Lipinski definition) is 1. The van der Waals surface area contributed by atoms with Gasteiger partial charge in [-0.1, -0.05) is 5.92 Å². The smallest absolute Gasteiger partial charge is 0.0957 e. The molecule has 0 aromatic heterocycles. The van der Waals surface area contributed by atoms with Crippen LogP contribution in [0.1, 0.15) is 6.92 Å². The molecule has 0 radical (unpaired) electrons. The van der Waals surface area contributed by atoms with E-state index in [0.29, 0.717) is 13.1 Å². The van der Waals surface area contributed by atoms with E-state index >= 15 is 0 Å². The highest BCUT2D eigenvalue weighted by atomic mass is 16.3. The molecule has 0 aliphatic carbocycles. The Kier molecular flexibility index (Phi) is 5.20. The maximum Gasteiger partial charge on any atom is 0.0957 e. The Labute approximate surface area is 67.2 Å². The lowest BCUT2D eigenvalue weighted by atomic mass is 10.3. The number of nitrogens with zero attached hydrogens (tertiary/aromatic N) is 2. The Morgan fingerprint density at radius 3 is 2.73 bits per heavy atom. The minimum atomic E-state index is -0.224. The summed E-state index contributed by atoms with van der Waals surface area (Å²) in [6.07, 6.45) is 5.07. The van der Waals surface area contributed by atoms with Gasteiger partial charge in [0, 0.05) is 6.54 Å². The van der Waals surface area contributed by atoms with Crippen LogP contribution in [0.2, 0.25) is 0 Å². The van der Waals surface area contributed by atoms with Crippen LogP contribution in [0.3, 0.4) is 0 Å². The highest BCUT2D eigenvalue weighted by molar-refractivity contribution is 4.95. The first kappa shape index (κ1) is 9.97. The summed E-state index contributed by atoms with van der Waals surface area (Å²) in [7, 11) is 0. The minimum absolute atomic E-state index is 0.0354. The van der Waals surface area contributed by atoms with E-state index in [9.17, 15) is 0 Å². The van der Waals surface area contributed by atoms with Gasteiger partial charge in [-0.25, -0.2) is 0 Å². The fourth-order valence-electron chi connectivity index (χ4n) is 0.737. The van der Waals surface area contributed by atoms with Crippen LogP contribution in [-0.2, 0) is 0 Å². The average Bonchev–Trinajstić information content (AvgIpc) is 2.03. The normalized spacial score (nSPS) is 12.1. The molecule has 3 nitrogen and oxygen atoms in total. The summed E-state index contributed by atoms with van der Waals surface area (Å²) in [5, 5.41) is 17.1. The molecule has 0 saturated heterocycles. The lowest BCUT2D eigenvalue weighted by Gasteiger charge is -2.20. The molecule has 60 valence electrons. The SMILES string of the molecule is C#CCN(CCO)C(C)C#N. The van der Waals surface area contributed by atoms with Crippen molar-refractivity contribution in [3.63, 3.8) is 0 Å². The molecule has 0 fully saturated rings. The molecule has 0 aromatic carbocycles. The van der Waals surface area contributed by atoms with Gasteiger partial charge in [-0.3, -0.25) is 4.90 Å². The second-order valence-electron chi connectivity index (χ2n) is 2.20. The van der Waals surface area contributed by atoms with E-state index in [2.05, 4.69) is 12.0 Å². The van der Waals surface area contributed by atoms with Gasteiger partial charge in [0.2, 0.25) is 0 Å². The predicted molar refractivity (Wildman–Crippen MR) is 42.6 cm³/mol. The summed E-state index contributed by atoms with van der Waals surface area (Å²) in [5.74, 6) is 2.43. The molecular weight excluding hydrogens is 140 g/mol. The van der Waals surface area contributed by atoms with Crippen LogP contribution in [0.5, 0.6) is 0 Å². The quantitative estimate of drug-likeness (QED) is 0.569. The first-order chi connectivity index (χ1) is 5.26. The zero-order chi connectivity index (χ0) is 8.69. The third-order valence-electron chi connectivity index (χ3n) is 1.42. The van der Waals surface area contributed by atoms with E-state index in [-0.39, 0.29) is 12.6 Å². The molecule has 1 N–H and O–H groups in total. The Balaban J connectivity index is 3.91. The third kappa shape index (κ3) is 3.62. The Morgan fingerprint density at radius 2 is 2.36 bits per heavy atom. The summed E-state index contributed by atoms with van der Waals surface area (Å²) < 4.78 is 0. The fourth-order valence-corrected chi connectivity index (χ4v) is 0.737. The largest absolute Gasteiger partial charge is 0.395 e. The number of aliphatic hydroxyl groups excluding tert-OH is 1. The second kappa shape index (κ2) is 5.73. The molecule has 1 unspecified atom stereocenters. The van der Waals surface area contributed by atoms with E-state index < -0.39 is 0 Å². The number of terminal acetylenes is 1. The first-order valence-corrected chi connectivity index (χ1v) is 3.44. The molecule has 0 aliphatic heterocycles. The van der Waals surface area contributed by atoms with E-state index in [1.54, 1.807) is 11.8 Å². The number of aliphatic hydroxyl groups is 1. The fraction of sp³-hybridized carbons (Fsp3) is 0.625. The van der Waals surface area contributed by atoms with Gasteiger partial charge < -0.3 is 5.11 Å². The molecule has 0 bridgehead atoms. The van der Waals surface area contributed by atoms with E-state index in [4.69, 9.17) is 16.8 Å². The molecule has 0 rings (SSSR count). The maximum absolute atomic E-state index is 8.59. The third-order valence-corrected chi connectivity index (χ3v) is 1.42. The van der Waals surface area contributed by atoms with Gasteiger partial charge >= 0.3 is 0 Å². The van der Waals surface area contributed by atoms with Crippen molar-refractivity contribution in [3.05, 3.63) is 0 Å². The number of nitriles is 1. The molecule has 0 amide bonds. The zero-order valence-corrected chi connectivity index (χ0v) is 6.62. The van der Waals surface area contributed by atoms with Crippen LogP contribution >= 0.6 is 0 Å². The van der Waals surface area contributed by atoms with E-state index in [0.717, 1.165) is 0 Å². The second-order valence-corrected chi connectivity index (χ2v) is 2.20. The van der Waals surface area contributed by atoms with E-state index in [1.807, 2.05) is 0 Å². The Bertz CT molecular complexity index is 178. The van der Waals surface area contributed by atoms with Crippen LogP contribution in [-0.4, -0.2) is 35.7 Å². The highest BCUT2D eigenvalue weighted by Crippen LogP contribution is 1.94. The van der Waals surface area contributed by atoms with Crippen LogP contribution < -0.4 is 0 Å². The Hall–Kier alpha value is -1.03. The van der Waals surface area contributed by atoms with Crippen molar-refractivity contribution in [1.29, 1.82) is 5.26 Å². The summed E-state index contributed by atoms with van der Waals surface area (Å²) in [5.41, 5.74) is 0. The van der Waals surface area contributed by atoms with Gasteiger partial charge in [0.05, 0.1) is 25.3 Å². The molecule has 1 atom stereocenters. The van der Waals surface area contributed by atoms with Crippen molar-refractivity contribution in [3.8, 4) is 18.4 Å². The van der Waals surface area contributed by atoms with Gasteiger partial charge in [0.15, 0.2) is 0 Å². The highest BCUT2D eigenvalue weighted by Gasteiger charge is 2.09. The molecule has 0 spiro atoms. The van der Waals surface area contributed by atoms with Crippen molar-refractivity contribution in [2.75, 3.05) is 19.7 Å². The summed E-state index contributed by atoms with van der Waals surface area (Å²) in [4.78, 5) is 1.74.